The molecular formula is C88H91B5N2S. The van der Waals surface area contributed by atoms with Crippen LogP contribution in [0.5, 0.6) is 0 Å². The van der Waals surface area contributed by atoms with Crippen molar-refractivity contribution in [3.05, 3.63) is 210 Å². The fourth-order valence-electron chi connectivity index (χ4n) is 19.0. The minimum atomic E-state index is -0.0458. The predicted molar refractivity (Wildman–Crippen MR) is 427 cm³/mol. The van der Waals surface area contributed by atoms with Gasteiger partial charge < -0.3 is 9.47 Å². The molecule has 4 aliphatic carbocycles. The number of para-hydroxylation sites is 1. The fraction of sp³-hybridized carbons (Fsp3) is 0.318. The van der Waals surface area contributed by atoms with E-state index in [0.29, 0.717) is 23.7 Å². The molecule has 0 bridgehead atoms. The number of hydrogen-bond donors (Lipinski definition) is 0. The van der Waals surface area contributed by atoms with Crippen LogP contribution in [0.15, 0.2) is 192 Å². The van der Waals surface area contributed by atoms with Crippen molar-refractivity contribution in [3.8, 4) is 50.2 Å². The molecular weight excluding hydrogens is 1170 g/mol. The van der Waals surface area contributed by atoms with Crippen molar-refractivity contribution < 1.29 is 0 Å². The van der Waals surface area contributed by atoms with Gasteiger partial charge in [-0.05, 0) is 189 Å². The van der Waals surface area contributed by atoms with Gasteiger partial charge >= 0.3 is 0 Å². The molecule has 0 unspecified atom stereocenters. The molecule has 2 nitrogen and oxygen atoms in total. The first-order valence-corrected chi connectivity index (χ1v) is 38.3. The summed E-state index contributed by atoms with van der Waals surface area (Å²) >= 11 is 2.02. The molecule has 4 fully saturated rings. The predicted octanol–water partition coefficient (Wildman–Crippen LogP) is 16.7. The van der Waals surface area contributed by atoms with E-state index in [0.717, 1.165) is 0 Å². The van der Waals surface area contributed by atoms with Crippen LogP contribution in [-0.4, -0.2) is 42.7 Å². The zero-order chi connectivity index (χ0) is 64.9. The Hall–Kier alpha value is -7.53. The Labute approximate surface area is 580 Å². The highest BCUT2D eigenvalue weighted by molar-refractivity contribution is 8.00. The van der Waals surface area contributed by atoms with Crippen molar-refractivity contribution in [3.63, 3.8) is 0 Å². The summed E-state index contributed by atoms with van der Waals surface area (Å²) in [5, 5.41) is 2.71. The summed E-state index contributed by atoms with van der Waals surface area (Å²) in [6.07, 6.45) is 26.6. The molecule has 96 heavy (non-hydrogen) atoms. The second-order valence-electron chi connectivity index (χ2n) is 31.4. The molecule has 2 aliphatic heterocycles. The Bertz CT molecular complexity index is 4690. The Balaban J connectivity index is 0.966. The van der Waals surface area contributed by atoms with Gasteiger partial charge in [-0.1, -0.05) is 277 Å². The largest absolute Gasteiger partial charge is 0.310 e. The smallest absolute Gasteiger partial charge is 0.249 e. The normalized spacial score (nSPS) is 17.2. The summed E-state index contributed by atoms with van der Waals surface area (Å²) in [6.45, 7) is 7.05. The highest BCUT2D eigenvalue weighted by Gasteiger charge is 2.43. The molecule has 4 saturated carbocycles. The van der Waals surface area contributed by atoms with E-state index in [2.05, 4.69) is 244 Å². The molecule has 6 aliphatic rings. The van der Waals surface area contributed by atoms with Gasteiger partial charge in [0.15, 0.2) is 0 Å². The molecule has 474 valence electrons. The first-order valence-electron chi connectivity index (χ1n) is 37.4. The van der Waals surface area contributed by atoms with Gasteiger partial charge in [-0.2, -0.15) is 0 Å². The van der Waals surface area contributed by atoms with Gasteiger partial charge in [0.05, 0.1) is 11.2 Å². The Morgan fingerprint density at radius 1 is 0.396 bits per heavy atom. The van der Waals surface area contributed by atoms with Gasteiger partial charge in [0.2, 0.25) is 6.71 Å². The highest BCUT2D eigenvalue weighted by Crippen LogP contribution is 2.52. The van der Waals surface area contributed by atoms with Crippen molar-refractivity contribution in [2.75, 3.05) is 4.90 Å². The molecule has 0 saturated heterocycles. The van der Waals surface area contributed by atoms with Gasteiger partial charge in [0.1, 0.15) is 31.4 Å². The van der Waals surface area contributed by atoms with Crippen molar-refractivity contribution in [1.29, 1.82) is 0 Å². The quantitative estimate of drug-likeness (QED) is 0.126. The Morgan fingerprint density at radius 2 is 0.885 bits per heavy atom. The molecule has 3 heterocycles. The summed E-state index contributed by atoms with van der Waals surface area (Å²) in [4.78, 5) is 5.47. The van der Waals surface area contributed by atoms with Crippen LogP contribution in [0, 0.1) is 0 Å². The van der Waals surface area contributed by atoms with Crippen LogP contribution < -0.4 is 43.1 Å². The van der Waals surface area contributed by atoms with Gasteiger partial charge in [-0.25, -0.2) is 0 Å². The van der Waals surface area contributed by atoms with E-state index in [-0.39, 0.29) is 12.1 Å². The maximum Gasteiger partial charge on any atom is 0.249 e. The molecule has 11 aromatic rings. The molecule has 17 rings (SSSR count). The van der Waals surface area contributed by atoms with Crippen molar-refractivity contribution >= 4 is 127 Å². The average Bonchev–Trinajstić information content (AvgIpc) is 1.09. The van der Waals surface area contributed by atoms with Crippen LogP contribution in [0.3, 0.4) is 0 Å². The summed E-state index contributed by atoms with van der Waals surface area (Å²) < 4.78 is 2.68. The third kappa shape index (κ3) is 11.0. The zero-order valence-corrected chi connectivity index (χ0v) is 59.0. The standard InChI is InChI=1S/C88H91B5N2S/c1-88(2,3)68-39-41-75-72(51-68)80-81(89)82(90)83(91)84(92)87(80)94(75)69-52-77-85-79(53-69)96-78-42-38-61(67-47-64(56-27-14-6-15-28-56)44-65(48-67)57-29-16-7-17-30-57)50-74(78)93(85)73-49-60(66-45-62(54-23-10-4-11-24-54)43-63(46-66)55-25-12-5-13-26-55)37-40-76(73)95(77)86-70(58-31-18-8-19-32-58)35-22-36-71(86)59-33-20-9-21-34-59/h8-9,18-22,31-57H,4-7,10-17,23-30,89-92H2,1-3H3. The summed E-state index contributed by atoms with van der Waals surface area (Å²) in [5.74, 6) is 2.52. The highest BCUT2D eigenvalue weighted by atomic mass is 32.2. The molecule has 1 aromatic heterocycles. The van der Waals surface area contributed by atoms with E-state index in [1.807, 2.05) is 11.8 Å². The number of hydrogen-bond acceptors (Lipinski definition) is 2. The number of fused-ring (bicyclic) bond motifs is 7. The Morgan fingerprint density at radius 3 is 1.40 bits per heavy atom. The molecule has 0 spiro atoms. The van der Waals surface area contributed by atoms with Crippen molar-refractivity contribution in [1.82, 2.24) is 4.57 Å². The van der Waals surface area contributed by atoms with Crippen LogP contribution in [-0.2, 0) is 5.41 Å². The maximum absolute atomic E-state index is 2.77. The topological polar surface area (TPSA) is 8.17 Å². The van der Waals surface area contributed by atoms with Gasteiger partial charge in [-0.3, -0.25) is 0 Å². The average molecular weight is 1260 g/mol. The number of rotatable bonds is 10. The van der Waals surface area contributed by atoms with Crippen molar-refractivity contribution in [2.45, 2.75) is 188 Å². The lowest BCUT2D eigenvalue weighted by atomic mass is 9.34. The van der Waals surface area contributed by atoms with E-state index >= 15 is 0 Å². The van der Waals surface area contributed by atoms with Crippen LogP contribution in [0.25, 0.3) is 72.0 Å². The van der Waals surface area contributed by atoms with E-state index in [1.54, 1.807) is 22.3 Å². The number of anilines is 3. The third-order valence-corrected chi connectivity index (χ3v) is 25.8. The monoisotopic (exact) mass is 1260 g/mol. The minimum absolute atomic E-state index is 0.0116. The van der Waals surface area contributed by atoms with E-state index < -0.39 is 0 Å². The van der Waals surface area contributed by atoms with Gasteiger partial charge in [0, 0.05) is 54.3 Å². The lowest BCUT2D eigenvalue weighted by molar-refractivity contribution is 0.435. The fourth-order valence-corrected chi connectivity index (χ4v) is 20.2. The minimum Gasteiger partial charge on any atom is -0.310 e. The lowest BCUT2D eigenvalue weighted by Crippen LogP contribution is -2.60. The molecule has 8 heteroatoms. The van der Waals surface area contributed by atoms with E-state index in [1.165, 1.54) is 271 Å². The van der Waals surface area contributed by atoms with Gasteiger partial charge in [-0.15, -0.1) is 5.46 Å². The molecule has 0 N–H and O–H groups in total. The van der Waals surface area contributed by atoms with Gasteiger partial charge in [0.25, 0.3) is 0 Å². The van der Waals surface area contributed by atoms with Crippen LogP contribution in [0.4, 0.5) is 17.1 Å². The molecule has 10 aromatic carbocycles. The second-order valence-corrected chi connectivity index (χ2v) is 32.4. The summed E-state index contributed by atoms with van der Waals surface area (Å²) in [6, 6.07) is 73.9. The van der Waals surface area contributed by atoms with Crippen LogP contribution in [0.1, 0.15) is 201 Å². The first-order chi connectivity index (χ1) is 46.9. The number of benzene rings is 10. The van der Waals surface area contributed by atoms with Crippen molar-refractivity contribution in [2.24, 2.45) is 0 Å². The maximum atomic E-state index is 2.77. The molecule has 0 amide bonds. The second kappa shape index (κ2) is 25.4. The number of nitrogens with zero attached hydrogens (tertiary/aromatic N) is 2. The van der Waals surface area contributed by atoms with E-state index in [4.69, 9.17) is 0 Å². The van der Waals surface area contributed by atoms with Crippen LogP contribution in [0.2, 0.25) is 0 Å². The SMILES string of the molecule is Bc1c(B)c(B)c2c(c1B)c1cc(C(C)(C)C)ccc1n2-c1cc2c3c(c1)N(c1c(-c4ccccc4)cccc1-c1ccccc1)c1ccc(-c4cc(C5CCCCC5)cc(C5CCCCC5)c4)cc1B3c1cc(-c3cc(C4CCCCC4)cc(C4CCCCC4)c3)ccc1S2. The zero-order valence-electron chi connectivity index (χ0n) is 58.2. The lowest BCUT2D eigenvalue weighted by Gasteiger charge is -2.42. The number of aromatic nitrogens is 1. The summed E-state index contributed by atoms with van der Waals surface area (Å²) in [7, 11) is 9.47. The van der Waals surface area contributed by atoms with Crippen LogP contribution >= 0.6 is 11.8 Å². The molecule has 0 radical (unpaired) electrons. The summed E-state index contributed by atoms with van der Waals surface area (Å²) in [5.41, 5.74) is 35.3. The molecule has 0 atom stereocenters. The third-order valence-electron chi connectivity index (χ3n) is 24.6. The first kappa shape index (κ1) is 62.0. The van der Waals surface area contributed by atoms with E-state index in [9.17, 15) is 0 Å². The Kier molecular flexibility index (Phi) is 16.4.